The Morgan fingerprint density at radius 1 is 0.868 bits per heavy atom. The first-order valence-electron chi connectivity index (χ1n) is 12.3. The van der Waals surface area contributed by atoms with Gasteiger partial charge in [-0.15, -0.1) is 0 Å². The highest BCUT2D eigenvalue weighted by atomic mass is 19.1. The number of hydrogen-bond donors (Lipinski definition) is 0. The van der Waals surface area contributed by atoms with Gasteiger partial charge in [0.05, 0.1) is 32.5 Å². The normalized spacial score (nSPS) is 14.7. The van der Waals surface area contributed by atoms with Crippen LogP contribution in [-0.4, -0.2) is 68.6 Å². The number of amides is 1. The molecule has 38 heavy (non-hydrogen) atoms. The van der Waals surface area contributed by atoms with Gasteiger partial charge in [-0.25, -0.2) is 13.6 Å². The van der Waals surface area contributed by atoms with E-state index in [1.54, 1.807) is 24.1 Å². The molecule has 1 atom stereocenters. The lowest BCUT2D eigenvalue weighted by Gasteiger charge is -2.36. The average Bonchev–Trinajstić information content (AvgIpc) is 2.94. The van der Waals surface area contributed by atoms with Gasteiger partial charge < -0.3 is 19.1 Å². The summed E-state index contributed by atoms with van der Waals surface area (Å²) in [5.41, 5.74) is 2.33. The zero-order chi connectivity index (χ0) is 27.1. The van der Waals surface area contributed by atoms with Gasteiger partial charge in [0, 0.05) is 44.4 Å². The number of halogens is 2. The molecule has 0 N–H and O–H groups in total. The number of rotatable bonds is 9. The van der Waals surface area contributed by atoms with E-state index in [2.05, 4.69) is 4.90 Å². The summed E-state index contributed by atoms with van der Waals surface area (Å²) in [7, 11) is 2.95. The second-order valence-electron chi connectivity index (χ2n) is 9.02. The van der Waals surface area contributed by atoms with Crippen LogP contribution in [0, 0.1) is 11.6 Å². The first-order chi connectivity index (χ1) is 18.4. The maximum Gasteiger partial charge on any atom is 0.337 e. The molecule has 1 saturated heterocycles. The SMILES string of the molecule is COC(=O)c1ccc(CO[C@H](CN2CCN(C(=O)c3cc(F)cc(F)c3)CC2)c2cccc(OC)c2)cc1. The molecule has 9 heteroatoms. The lowest BCUT2D eigenvalue weighted by Crippen LogP contribution is -2.49. The van der Waals surface area contributed by atoms with E-state index in [-0.39, 0.29) is 17.6 Å². The molecule has 1 heterocycles. The molecule has 4 rings (SSSR count). The predicted molar refractivity (Wildman–Crippen MR) is 137 cm³/mol. The Bertz CT molecular complexity index is 1240. The summed E-state index contributed by atoms with van der Waals surface area (Å²) in [4.78, 5) is 28.3. The summed E-state index contributed by atoms with van der Waals surface area (Å²) in [6.07, 6.45) is -0.287. The minimum absolute atomic E-state index is 0.00626. The van der Waals surface area contributed by atoms with E-state index in [9.17, 15) is 18.4 Å². The van der Waals surface area contributed by atoms with Crippen molar-refractivity contribution in [3.63, 3.8) is 0 Å². The number of hydrogen-bond acceptors (Lipinski definition) is 6. The molecular formula is C29H30F2N2O5. The first-order valence-corrected chi connectivity index (χ1v) is 12.3. The van der Waals surface area contributed by atoms with Gasteiger partial charge in [0.25, 0.3) is 5.91 Å². The van der Waals surface area contributed by atoms with Crippen molar-refractivity contribution in [1.82, 2.24) is 9.80 Å². The number of carbonyl (C=O) groups excluding carboxylic acids is 2. The molecule has 0 aromatic heterocycles. The highest BCUT2D eigenvalue weighted by Crippen LogP contribution is 2.25. The number of ether oxygens (including phenoxy) is 3. The van der Waals surface area contributed by atoms with Crippen LogP contribution >= 0.6 is 0 Å². The van der Waals surface area contributed by atoms with Gasteiger partial charge in [0.15, 0.2) is 0 Å². The van der Waals surface area contributed by atoms with Gasteiger partial charge >= 0.3 is 5.97 Å². The van der Waals surface area contributed by atoms with E-state index < -0.39 is 17.6 Å². The third-order valence-electron chi connectivity index (χ3n) is 6.48. The molecule has 1 fully saturated rings. The van der Waals surface area contributed by atoms with Crippen LogP contribution in [0.5, 0.6) is 5.75 Å². The van der Waals surface area contributed by atoms with Crippen molar-refractivity contribution in [2.24, 2.45) is 0 Å². The molecule has 0 radical (unpaired) electrons. The molecular weight excluding hydrogens is 494 g/mol. The summed E-state index contributed by atoms with van der Waals surface area (Å²) in [6, 6.07) is 17.6. The van der Waals surface area contributed by atoms with Gasteiger partial charge in [-0.2, -0.15) is 0 Å². The Morgan fingerprint density at radius 2 is 1.55 bits per heavy atom. The zero-order valence-electron chi connectivity index (χ0n) is 21.4. The molecule has 7 nitrogen and oxygen atoms in total. The van der Waals surface area contributed by atoms with Crippen molar-refractivity contribution in [3.8, 4) is 5.75 Å². The van der Waals surface area contributed by atoms with Crippen molar-refractivity contribution >= 4 is 11.9 Å². The van der Waals surface area contributed by atoms with Crippen LogP contribution in [-0.2, 0) is 16.1 Å². The summed E-state index contributed by atoms with van der Waals surface area (Å²) in [5.74, 6) is -1.61. The van der Waals surface area contributed by atoms with Gasteiger partial charge in [-0.05, 0) is 47.5 Å². The van der Waals surface area contributed by atoms with Crippen LogP contribution < -0.4 is 4.74 Å². The summed E-state index contributed by atoms with van der Waals surface area (Å²) in [6.45, 7) is 2.92. The highest BCUT2D eigenvalue weighted by molar-refractivity contribution is 5.94. The fourth-order valence-corrected chi connectivity index (χ4v) is 4.38. The third-order valence-corrected chi connectivity index (χ3v) is 6.48. The number of nitrogens with zero attached hydrogens (tertiary/aromatic N) is 2. The van der Waals surface area contributed by atoms with Crippen LogP contribution in [0.2, 0.25) is 0 Å². The summed E-state index contributed by atoms with van der Waals surface area (Å²) in [5, 5.41) is 0. The third kappa shape index (κ3) is 6.93. The molecule has 1 aliphatic heterocycles. The molecule has 0 spiro atoms. The fraction of sp³-hybridized carbons (Fsp3) is 0.310. The standard InChI is InChI=1S/C29H30F2N2O5/c1-36-26-5-3-4-22(16-26)27(38-19-20-6-8-21(9-7-20)29(35)37-2)18-32-10-12-33(13-11-32)28(34)23-14-24(30)17-25(31)15-23/h3-9,14-17,27H,10-13,18-19H2,1-2H3/t27-/m1/s1. The summed E-state index contributed by atoms with van der Waals surface area (Å²) < 4.78 is 43.6. The first kappa shape index (κ1) is 27.2. The maximum atomic E-state index is 13.6. The fourth-order valence-electron chi connectivity index (χ4n) is 4.38. The number of carbonyl (C=O) groups is 2. The molecule has 3 aromatic rings. The second kappa shape index (κ2) is 12.6. The van der Waals surface area contributed by atoms with Gasteiger partial charge in [-0.1, -0.05) is 24.3 Å². The second-order valence-corrected chi connectivity index (χ2v) is 9.02. The minimum atomic E-state index is -0.773. The van der Waals surface area contributed by atoms with E-state index in [1.807, 2.05) is 36.4 Å². The predicted octanol–water partition coefficient (Wildman–Crippen LogP) is 4.48. The topological polar surface area (TPSA) is 68.3 Å². The largest absolute Gasteiger partial charge is 0.497 e. The lowest BCUT2D eigenvalue weighted by atomic mass is 10.1. The van der Waals surface area contributed by atoms with Crippen LogP contribution in [0.1, 0.15) is 37.9 Å². The van der Waals surface area contributed by atoms with Crippen molar-refractivity contribution in [2.45, 2.75) is 12.7 Å². The Morgan fingerprint density at radius 3 is 2.18 bits per heavy atom. The molecule has 0 unspecified atom stereocenters. The van der Waals surface area contributed by atoms with Crippen molar-refractivity contribution < 1.29 is 32.6 Å². The van der Waals surface area contributed by atoms with Gasteiger partial charge in [-0.3, -0.25) is 9.69 Å². The number of piperazine rings is 1. The zero-order valence-corrected chi connectivity index (χ0v) is 21.4. The highest BCUT2D eigenvalue weighted by Gasteiger charge is 2.25. The number of benzene rings is 3. The number of methoxy groups -OCH3 is 2. The van der Waals surface area contributed by atoms with Crippen LogP contribution in [0.15, 0.2) is 66.7 Å². The quantitative estimate of drug-likeness (QED) is 0.385. The number of esters is 1. The van der Waals surface area contributed by atoms with Crippen molar-refractivity contribution in [1.29, 1.82) is 0 Å². The molecule has 3 aromatic carbocycles. The van der Waals surface area contributed by atoms with Crippen molar-refractivity contribution in [3.05, 3.63) is 101 Å². The molecule has 200 valence electrons. The molecule has 0 bridgehead atoms. The van der Waals surface area contributed by atoms with Gasteiger partial charge in [0.2, 0.25) is 0 Å². The van der Waals surface area contributed by atoms with E-state index in [1.165, 1.54) is 7.11 Å². The van der Waals surface area contributed by atoms with Crippen LogP contribution in [0.25, 0.3) is 0 Å². The Kier molecular flexibility index (Phi) is 9.04. The Hall–Kier alpha value is -3.82. The lowest BCUT2D eigenvalue weighted by molar-refractivity contribution is 0.00330. The molecule has 0 aliphatic carbocycles. The molecule has 1 aliphatic rings. The smallest absolute Gasteiger partial charge is 0.337 e. The average molecular weight is 525 g/mol. The molecule has 0 saturated carbocycles. The van der Waals surface area contributed by atoms with E-state index in [4.69, 9.17) is 14.2 Å². The Balaban J connectivity index is 1.41. The van der Waals surface area contributed by atoms with Crippen LogP contribution in [0.3, 0.4) is 0 Å². The minimum Gasteiger partial charge on any atom is -0.497 e. The van der Waals surface area contributed by atoms with E-state index in [0.29, 0.717) is 44.9 Å². The van der Waals surface area contributed by atoms with Gasteiger partial charge in [0.1, 0.15) is 17.4 Å². The van der Waals surface area contributed by atoms with E-state index in [0.717, 1.165) is 35.1 Å². The van der Waals surface area contributed by atoms with E-state index >= 15 is 0 Å². The summed E-state index contributed by atoms with van der Waals surface area (Å²) >= 11 is 0. The Labute approximate surface area is 220 Å². The molecule has 1 amide bonds. The van der Waals surface area contributed by atoms with Crippen LogP contribution in [0.4, 0.5) is 8.78 Å². The monoisotopic (exact) mass is 524 g/mol. The van der Waals surface area contributed by atoms with Crippen molar-refractivity contribution in [2.75, 3.05) is 46.9 Å². The maximum absolute atomic E-state index is 13.6.